The van der Waals surface area contributed by atoms with E-state index in [-0.39, 0.29) is 24.1 Å². The van der Waals surface area contributed by atoms with E-state index in [2.05, 4.69) is 9.97 Å². The van der Waals surface area contributed by atoms with Gasteiger partial charge in [0.15, 0.2) is 0 Å². The Balaban J connectivity index is 1.75. The molecule has 0 bridgehead atoms. The van der Waals surface area contributed by atoms with Crippen molar-refractivity contribution in [3.8, 4) is 0 Å². The summed E-state index contributed by atoms with van der Waals surface area (Å²) < 4.78 is 25.5. The van der Waals surface area contributed by atoms with Crippen LogP contribution in [0.15, 0.2) is 42.7 Å². The Bertz CT molecular complexity index is 727. The molecule has 0 unspecified atom stereocenters. The molecule has 0 saturated carbocycles. The van der Waals surface area contributed by atoms with Gasteiger partial charge in [-0.2, -0.15) is 0 Å². The van der Waals surface area contributed by atoms with Crippen molar-refractivity contribution < 1.29 is 18.7 Å². The first-order valence-electron chi connectivity index (χ1n) is 8.15. The van der Waals surface area contributed by atoms with Gasteiger partial charge >= 0.3 is 0 Å². The maximum Gasteiger partial charge on any atom is 0.280 e. The van der Waals surface area contributed by atoms with Gasteiger partial charge in [-0.3, -0.25) is 4.79 Å². The molecule has 1 aliphatic heterocycles. The number of benzene rings is 1. The first-order valence-corrected chi connectivity index (χ1v) is 8.15. The van der Waals surface area contributed by atoms with Crippen LogP contribution in [0.3, 0.4) is 0 Å². The van der Waals surface area contributed by atoms with E-state index in [0.717, 1.165) is 18.0 Å². The summed E-state index contributed by atoms with van der Waals surface area (Å²) in [4.78, 5) is 21.5. The number of amides is 1. The monoisotopic (exact) mass is 347 g/mol. The molecule has 132 valence electrons. The molecule has 1 fully saturated rings. The standard InChI is InChI=1S/C18H19F2N3O2/c19-17(20)15-8-16(22-11-21-15)18(25)23-7-6-14(13(9-23)10-24)12-4-2-1-3-5-12/h1-5,8,11,13-14,17,24H,6-7,9-10H2/t13-,14+/m0/s1. The van der Waals surface area contributed by atoms with E-state index in [9.17, 15) is 18.7 Å². The average molecular weight is 347 g/mol. The van der Waals surface area contributed by atoms with Crippen LogP contribution < -0.4 is 0 Å². The molecule has 0 radical (unpaired) electrons. The highest BCUT2D eigenvalue weighted by atomic mass is 19.3. The van der Waals surface area contributed by atoms with Crippen LogP contribution in [0.25, 0.3) is 0 Å². The summed E-state index contributed by atoms with van der Waals surface area (Å²) in [6.45, 7) is 0.807. The Morgan fingerprint density at radius 2 is 2.04 bits per heavy atom. The van der Waals surface area contributed by atoms with Crippen molar-refractivity contribution in [3.63, 3.8) is 0 Å². The Morgan fingerprint density at radius 1 is 1.28 bits per heavy atom. The van der Waals surface area contributed by atoms with E-state index in [1.165, 1.54) is 0 Å². The molecule has 1 N–H and O–H groups in total. The van der Waals surface area contributed by atoms with E-state index < -0.39 is 18.0 Å². The van der Waals surface area contributed by atoms with Gasteiger partial charge in [0.25, 0.3) is 12.3 Å². The number of nitrogens with zero attached hydrogens (tertiary/aromatic N) is 3. The molecule has 1 amide bonds. The first-order chi connectivity index (χ1) is 12.1. The lowest BCUT2D eigenvalue weighted by atomic mass is 9.81. The molecule has 2 atom stereocenters. The van der Waals surface area contributed by atoms with Gasteiger partial charge in [-0.05, 0) is 24.0 Å². The van der Waals surface area contributed by atoms with Gasteiger partial charge in [-0.1, -0.05) is 30.3 Å². The summed E-state index contributed by atoms with van der Waals surface area (Å²) in [7, 11) is 0. The fourth-order valence-electron chi connectivity index (χ4n) is 3.31. The molecule has 1 aliphatic rings. The van der Waals surface area contributed by atoms with Crippen LogP contribution >= 0.6 is 0 Å². The Hall–Kier alpha value is -2.41. The summed E-state index contributed by atoms with van der Waals surface area (Å²) in [6.07, 6.45) is -1.06. The zero-order valence-electron chi connectivity index (χ0n) is 13.6. The number of alkyl halides is 2. The fourth-order valence-corrected chi connectivity index (χ4v) is 3.31. The molecule has 1 aromatic heterocycles. The van der Waals surface area contributed by atoms with Crippen molar-refractivity contribution in [2.45, 2.75) is 18.8 Å². The van der Waals surface area contributed by atoms with Gasteiger partial charge in [0.1, 0.15) is 17.7 Å². The number of likely N-dealkylation sites (tertiary alicyclic amines) is 1. The number of rotatable bonds is 4. The second kappa shape index (κ2) is 7.65. The van der Waals surface area contributed by atoms with Gasteiger partial charge in [0.05, 0.1) is 0 Å². The zero-order chi connectivity index (χ0) is 17.8. The topological polar surface area (TPSA) is 66.3 Å². The first kappa shape index (κ1) is 17.4. The average Bonchev–Trinajstić information content (AvgIpc) is 2.67. The van der Waals surface area contributed by atoms with Crippen LogP contribution in [-0.4, -0.2) is 45.6 Å². The molecule has 1 aromatic carbocycles. The highest BCUT2D eigenvalue weighted by molar-refractivity contribution is 5.92. The van der Waals surface area contributed by atoms with Crippen LogP contribution in [0, 0.1) is 5.92 Å². The summed E-state index contributed by atoms with van der Waals surface area (Å²) >= 11 is 0. The lowest BCUT2D eigenvalue weighted by Gasteiger charge is -2.38. The molecule has 7 heteroatoms. The number of halogens is 2. The Labute approximate surface area is 144 Å². The predicted octanol–water partition coefficient (Wildman–Crippen LogP) is 2.65. The minimum Gasteiger partial charge on any atom is -0.396 e. The van der Waals surface area contributed by atoms with Crippen molar-refractivity contribution in [1.82, 2.24) is 14.9 Å². The normalized spacial score (nSPS) is 20.7. The number of hydrogen-bond donors (Lipinski definition) is 1. The van der Waals surface area contributed by atoms with Crippen LogP contribution in [0.2, 0.25) is 0 Å². The lowest BCUT2D eigenvalue weighted by molar-refractivity contribution is 0.0571. The van der Waals surface area contributed by atoms with Gasteiger partial charge in [-0.25, -0.2) is 18.7 Å². The van der Waals surface area contributed by atoms with Gasteiger partial charge in [0.2, 0.25) is 0 Å². The third kappa shape index (κ3) is 3.82. The highest BCUT2D eigenvalue weighted by Crippen LogP contribution is 2.33. The largest absolute Gasteiger partial charge is 0.396 e. The molecular formula is C18H19F2N3O2. The number of aromatic nitrogens is 2. The molecule has 2 aromatic rings. The summed E-state index contributed by atoms with van der Waals surface area (Å²) in [5.74, 6) is -0.344. The molecule has 2 heterocycles. The van der Waals surface area contributed by atoms with Crippen molar-refractivity contribution in [1.29, 1.82) is 0 Å². The number of aliphatic hydroxyl groups is 1. The SMILES string of the molecule is O=C(c1cc(C(F)F)ncn1)N1CC[C@H](c2ccccc2)[C@H](CO)C1. The predicted molar refractivity (Wildman–Crippen MR) is 87.3 cm³/mol. The summed E-state index contributed by atoms with van der Waals surface area (Å²) in [5.41, 5.74) is 0.632. The third-order valence-corrected chi connectivity index (χ3v) is 4.61. The van der Waals surface area contributed by atoms with Gasteiger partial charge in [0, 0.05) is 25.6 Å². The second-order valence-electron chi connectivity index (χ2n) is 6.13. The number of hydrogen-bond acceptors (Lipinski definition) is 4. The maximum absolute atomic E-state index is 12.8. The van der Waals surface area contributed by atoms with Gasteiger partial charge < -0.3 is 10.0 Å². The van der Waals surface area contributed by atoms with Crippen LogP contribution in [0.5, 0.6) is 0 Å². The molecule has 1 saturated heterocycles. The smallest absolute Gasteiger partial charge is 0.280 e. The van der Waals surface area contributed by atoms with Crippen LogP contribution in [0.4, 0.5) is 8.78 Å². The summed E-state index contributed by atoms with van der Waals surface area (Å²) in [5, 5.41) is 9.75. The van der Waals surface area contributed by atoms with Crippen molar-refractivity contribution in [3.05, 3.63) is 59.7 Å². The summed E-state index contributed by atoms with van der Waals surface area (Å²) in [6, 6.07) is 10.9. The number of piperidine rings is 1. The minimum absolute atomic E-state index is 0.0415. The van der Waals surface area contributed by atoms with E-state index in [4.69, 9.17) is 0 Å². The van der Waals surface area contributed by atoms with E-state index >= 15 is 0 Å². The highest BCUT2D eigenvalue weighted by Gasteiger charge is 2.33. The molecular weight excluding hydrogens is 328 g/mol. The molecule has 25 heavy (non-hydrogen) atoms. The lowest BCUT2D eigenvalue weighted by Crippen LogP contribution is -2.44. The van der Waals surface area contributed by atoms with Crippen LogP contribution in [0.1, 0.15) is 40.5 Å². The fraction of sp³-hybridized carbons (Fsp3) is 0.389. The van der Waals surface area contributed by atoms with E-state index in [1.54, 1.807) is 4.90 Å². The van der Waals surface area contributed by atoms with E-state index in [1.807, 2.05) is 30.3 Å². The Morgan fingerprint density at radius 3 is 2.72 bits per heavy atom. The number of carbonyl (C=O) groups is 1. The minimum atomic E-state index is -2.75. The third-order valence-electron chi connectivity index (χ3n) is 4.61. The van der Waals surface area contributed by atoms with Gasteiger partial charge in [-0.15, -0.1) is 0 Å². The zero-order valence-corrected chi connectivity index (χ0v) is 13.6. The number of aliphatic hydroxyl groups excluding tert-OH is 1. The van der Waals surface area contributed by atoms with Crippen molar-refractivity contribution >= 4 is 5.91 Å². The second-order valence-corrected chi connectivity index (χ2v) is 6.13. The van der Waals surface area contributed by atoms with Crippen LogP contribution in [-0.2, 0) is 0 Å². The molecule has 5 nitrogen and oxygen atoms in total. The quantitative estimate of drug-likeness (QED) is 0.923. The van der Waals surface area contributed by atoms with Crippen molar-refractivity contribution in [2.75, 3.05) is 19.7 Å². The molecule has 0 aliphatic carbocycles. The molecule has 3 rings (SSSR count). The maximum atomic E-state index is 12.8. The van der Waals surface area contributed by atoms with E-state index in [0.29, 0.717) is 19.5 Å². The number of carbonyl (C=O) groups excluding carboxylic acids is 1. The molecule has 0 spiro atoms. The Kier molecular flexibility index (Phi) is 5.33. The van der Waals surface area contributed by atoms with Crippen molar-refractivity contribution in [2.24, 2.45) is 5.92 Å².